The lowest BCUT2D eigenvalue weighted by Crippen LogP contribution is -2.20. The van der Waals surface area contributed by atoms with Crippen molar-refractivity contribution in [2.24, 2.45) is 5.92 Å². The van der Waals surface area contributed by atoms with Crippen LogP contribution >= 0.6 is 0 Å². The zero-order valence-corrected chi connectivity index (χ0v) is 10.7. The van der Waals surface area contributed by atoms with Gasteiger partial charge in [-0.05, 0) is 24.6 Å². The summed E-state index contributed by atoms with van der Waals surface area (Å²) in [5, 5.41) is 5.04. The Morgan fingerprint density at radius 3 is 2.56 bits per heavy atom. The molecule has 0 bridgehead atoms. The van der Waals surface area contributed by atoms with E-state index < -0.39 is 5.82 Å². The van der Waals surface area contributed by atoms with E-state index in [0.717, 1.165) is 0 Å². The Bertz CT molecular complexity index is 460. The van der Waals surface area contributed by atoms with Gasteiger partial charge in [-0.2, -0.15) is 0 Å². The van der Waals surface area contributed by atoms with Crippen molar-refractivity contribution < 1.29 is 14.0 Å². The van der Waals surface area contributed by atoms with Gasteiger partial charge in [0.2, 0.25) is 11.8 Å². The molecule has 0 aliphatic heterocycles. The van der Waals surface area contributed by atoms with E-state index in [1.165, 1.54) is 25.1 Å². The third kappa shape index (κ3) is 3.84. The fraction of sp³-hybridized carbons (Fsp3) is 0.385. The van der Waals surface area contributed by atoms with Gasteiger partial charge < -0.3 is 10.6 Å². The van der Waals surface area contributed by atoms with E-state index in [1.807, 2.05) is 6.92 Å². The predicted molar refractivity (Wildman–Crippen MR) is 68.8 cm³/mol. The van der Waals surface area contributed by atoms with E-state index in [0.29, 0.717) is 12.1 Å². The molecule has 0 aliphatic rings. The highest BCUT2D eigenvalue weighted by Gasteiger charge is 2.13. The molecule has 0 saturated heterocycles. The van der Waals surface area contributed by atoms with Crippen LogP contribution in [-0.2, 0) is 9.59 Å². The van der Waals surface area contributed by atoms with Crippen LogP contribution in [0.1, 0.15) is 27.2 Å². The van der Waals surface area contributed by atoms with E-state index in [2.05, 4.69) is 10.6 Å². The first-order chi connectivity index (χ1) is 8.43. The van der Waals surface area contributed by atoms with Gasteiger partial charge in [-0.25, -0.2) is 4.39 Å². The van der Waals surface area contributed by atoms with Crippen molar-refractivity contribution in [3.63, 3.8) is 0 Å². The number of anilines is 2. The molecule has 0 spiro atoms. The third-order valence-corrected chi connectivity index (χ3v) is 2.60. The van der Waals surface area contributed by atoms with Crippen LogP contribution in [-0.4, -0.2) is 11.8 Å². The van der Waals surface area contributed by atoms with Crippen molar-refractivity contribution in [3.05, 3.63) is 24.0 Å². The van der Waals surface area contributed by atoms with Gasteiger partial charge >= 0.3 is 0 Å². The average Bonchev–Trinajstić information content (AvgIpc) is 2.31. The average molecular weight is 252 g/mol. The Morgan fingerprint density at radius 1 is 1.33 bits per heavy atom. The number of halogens is 1. The molecule has 0 fully saturated rings. The molecular formula is C13H17FN2O2. The van der Waals surface area contributed by atoms with Crippen molar-refractivity contribution in [1.82, 2.24) is 0 Å². The summed E-state index contributed by atoms with van der Waals surface area (Å²) in [5.41, 5.74) is 0.523. The smallest absolute Gasteiger partial charge is 0.227 e. The van der Waals surface area contributed by atoms with Crippen LogP contribution in [0, 0.1) is 11.7 Å². The lowest BCUT2D eigenvalue weighted by Gasteiger charge is -2.12. The summed E-state index contributed by atoms with van der Waals surface area (Å²) < 4.78 is 13.5. The van der Waals surface area contributed by atoms with E-state index in [1.54, 1.807) is 6.92 Å². The summed E-state index contributed by atoms with van der Waals surface area (Å²) in [4.78, 5) is 22.6. The second-order valence-corrected chi connectivity index (χ2v) is 4.17. The highest BCUT2D eigenvalue weighted by atomic mass is 19.1. The van der Waals surface area contributed by atoms with Crippen LogP contribution in [0.2, 0.25) is 0 Å². The van der Waals surface area contributed by atoms with Gasteiger partial charge in [-0.3, -0.25) is 9.59 Å². The lowest BCUT2D eigenvalue weighted by molar-refractivity contribution is -0.119. The number of rotatable bonds is 4. The molecule has 0 radical (unpaired) electrons. The fourth-order valence-corrected chi connectivity index (χ4v) is 1.34. The number of nitrogens with one attached hydrogen (secondary N) is 2. The standard InChI is InChI=1S/C13H17FN2O2/c1-4-8(2)13(18)16-12-7-10(15-9(3)17)5-6-11(12)14/h5-8H,4H2,1-3H3,(H,15,17)(H,16,18). The fourth-order valence-electron chi connectivity index (χ4n) is 1.34. The second kappa shape index (κ2) is 6.14. The van der Waals surface area contributed by atoms with Crippen LogP contribution in [0.5, 0.6) is 0 Å². The van der Waals surface area contributed by atoms with Crippen LogP contribution in [0.25, 0.3) is 0 Å². The third-order valence-electron chi connectivity index (χ3n) is 2.60. The van der Waals surface area contributed by atoms with Gasteiger partial charge in [-0.15, -0.1) is 0 Å². The molecule has 0 heterocycles. The summed E-state index contributed by atoms with van der Waals surface area (Å²) in [6, 6.07) is 4.05. The van der Waals surface area contributed by atoms with Crippen molar-refractivity contribution in [2.75, 3.05) is 10.6 Å². The molecule has 2 N–H and O–H groups in total. The van der Waals surface area contributed by atoms with Crippen molar-refractivity contribution in [1.29, 1.82) is 0 Å². The quantitative estimate of drug-likeness (QED) is 0.865. The molecule has 5 heteroatoms. The Labute approximate surface area is 106 Å². The largest absolute Gasteiger partial charge is 0.326 e. The van der Waals surface area contributed by atoms with Crippen LogP contribution in [0.15, 0.2) is 18.2 Å². The lowest BCUT2D eigenvalue weighted by atomic mass is 10.1. The SMILES string of the molecule is CCC(C)C(=O)Nc1cc(NC(C)=O)ccc1F. The number of carbonyl (C=O) groups excluding carboxylic acids is 2. The normalized spacial score (nSPS) is 11.8. The minimum Gasteiger partial charge on any atom is -0.326 e. The molecule has 0 saturated carbocycles. The van der Waals surface area contributed by atoms with Crippen LogP contribution in [0.3, 0.4) is 0 Å². The molecule has 4 nitrogen and oxygen atoms in total. The minimum absolute atomic E-state index is 0.0755. The van der Waals surface area contributed by atoms with Gasteiger partial charge in [0, 0.05) is 18.5 Å². The van der Waals surface area contributed by atoms with Crippen LogP contribution in [0.4, 0.5) is 15.8 Å². The van der Waals surface area contributed by atoms with Gasteiger partial charge in [-0.1, -0.05) is 13.8 Å². The van der Waals surface area contributed by atoms with Crippen molar-refractivity contribution in [2.45, 2.75) is 27.2 Å². The van der Waals surface area contributed by atoms with Gasteiger partial charge in [0.25, 0.3) is 0 Å². The van der Waals surface area contributed by atoms with E-state index in [-0.39, 0.29) is 23.4 Å². The minimum atomic E-state index is -0.527. The molecular weight excluding hydrogens is 235 g/mol. The first-order valence-corrected chi connectivity index (χ1v) is 5.82. The summed E-state index contributed by atoms with van der Waals surface area (Å²) in [6.45, 7) is 5.01. The first kappa shape index (κ1) is 14.2. The monoisotopic (exact) mass is 252 g/mol. The Balaban J connectivity index is 2.87. The van der Waals surface area contributed by atoms with Crippen LogP contribution < -0.4 is 10.6 Å². The molecule has 1 unspecified atom stereocenters. The Hall–Kier alpha value is -1.91. The number of carbonyl (C=O) groups is 2. The summed E-state index contributed by atoms with van der Waals surface area (Å²) in [5.74, 6) is -1.20. The maximum Gasteiger partial charge on any atom is 0.227 e. The Morgan fingerprint density at radius 2 is 2.00 bits per heavy atom. The Kier molecular flexibility index (Phi) is 4.83. The summed E-state index contributed by atoms with van der Waals surface area (Å²) in [6.07, 6.45) is 0.679. The number of hydrogen-bond acceptors (Lipinski definition) is 2. The molecule has 0 aromatic heterocycles. The number of hydrogen-bond donors (Lipinski definition) is 2. The molecule has 1 atom stereocenters. The molecule has 2 amide bonds. The van der Waals surface area contributed by atoms with E-state index in [4.69, 9.17) is 0 Å². The predicted octanol–water partition coefficient (Wildman–Crippen LogP) is 2.77. The molecule has 98 valence electrons. The van der Waals surface area contributed by atoms with Crippen molar-refractivity contribution in [3.8, 4) is 0 Å². The summed E-state index contributed by atoms with van der Waals surface area (Å²) in [7, 11) is 0. The molecule has 1 aromatic rings. The van der Waals surface area contributed by atoms with Gasteiger partial charge in [0.05, 0.1) is 5.69 Å². The zero-order valence-electron chi connectivity index (χ0n) is 10.7. The van der Waals surface area contributed by atoms with Gasteiger partial charge in [0.1, 0.15) is 5.82 Å². The van der Waals surface area contributed by atoms with E-state index >= 15 is 0 Å². The highest BCUT2D eigenvalue weighted by Crippen LogP contribution is 2.20. The van der Waals surface area contributed by atoms with Crippen molar-refractivity contribution >= 4 is 23.2 Å². The maximum absolute atomic E-state index is 13.5. The molecule has 1 rings (SSSR count). The van der Waals surface area contributed by atoms with Gasteiger partial charge in [0.15, 0.2) is 0 Å². The highest BCUT2D eigenvalue weighted by molar-refractivity contribution is 5.94. The number of amides is 2. The summed E-state index contributed by atoms with van der Waals surface area (Å²) >= 11 is 0. The maximum atomic E-state index is 13.5. The topological polar surface area (TPSA) is 58.2 Å². The molecule has 1 aromatic carbocycles. The molecule has 18 heavy (non-hydrogen) atoms. The first-order valence-electron chi connectivity index (χ1n) is 5.82. The zero-order chi connectivity index (χ0) is 13.7. The molecule has 0 aliphatic carbocycles. The number of benzene rings is 1. The van der Waals surface area contributed by atoms with E-state index in [9.17, 15) is 14.0 Å². The second-order valence-electron chi connectivity index (χ2n) is 4.17.